The minimum absolute atomic E-state index is 0.0165. The van der Waals surface area contributed by atoms with Crippen LogP contribution in [0.2, 0.25) is 0 Å². The molecule has 2 aliphatic heterocycles. The first-order valence-electron chi connectivity index (χ1n) is 8.79. The van der Waals surface area contributed by atoms with Crippen molar-refractivity contribution in [2.45, 2.75) is 12.8 Å². The Morgan fingerprint density at radius 1 is 1.27 bits per heavy atom. The van der Waals surface area contributed by atoms with E-state index in [0.29, 0.717) is 19.0 Å². The summed E-state index contributed by atoms with van der Waals surface area (Å²) in [4.78, 5) is 16.6. The third kappa shape index (κ3) is 5.00. The van der Waals surface area contributed by atoms with Crippen LogP contribution in [0.25, 0.3) is 0 Å². The van der Waals surface area contributed by atoms with Gasteiger partial charge in [-0.25, -0.2) is 8.60 Å². The second-order valence-electron chi connectivity index (χ2n) is 6.69. The molecule has 2 fully saturated rings. The molecule has 0 radical (unpaired) electrons. The molecule has 1 amide bonds. The Morgan fingerprint density at radius 3 is 2.58 bits per heavy atom. The molecule has 1 atom stereocenters. The van der Waals surface area contributed by atoms with Gasteiger partial charge in [0.1, 0.15) is 5.82 Å². The maximum Gasteiger partial charge on any atom is 0.259 e. The number of carbonyl (C=O) groups excluding carboxylic acids is 1. The van der Waals surface area contributed by atoms with Crippen molar-refractivity contribution in [1.29, 1.82) is 0 Å². The molecule has 3 rings (SSSR count). The molecule has 0 spiro atoms. The summed E-state index contributed by atoms with van der Waals surface area (Å²) in [7, 11) is 0. The molecule has 2 heterocycles. The molecule has 2 N–H and O–H groups in total. The highest BCUT2D eigenvalue weighted by molar-refractivity contribution is 7.80. The average molecular weight is 385 g/mol. The lowest BCUT2D eigenvalue weighted by atomic mass is 9.99. The summed E-state index contributed by atoms with van der Waals surface area (Å²) < 4.78 is 41.3. The molecule has 1 unspecified atom stereocenters. The van der Waals surface area contributed by atoms with Gasteiger partial charge in [-0.3, -0.25) is 19.0 Å². The zero-order valence-electron chi connectivity index (χ0n) is 14.5. The fourth-order valence-electron chi connectivity index (χ4n) is 3.45. The monoisotopic (exact) mass is 385 g/mol. The number of rotatable bonds is 5. The third-order valence-corrected chi connectivity index (χ3v) is 5.33. The number of benzene rings is 1. The Hall–Kier alpha value is -1.55. The molecule has 26 heavy (non-hydrogen) atoms. The van der Waals surface area contributed by atoms with E-state index in [1.807, 2.05) is 0 Å². The SMILES string of the molecule is O=C(c1ccc(NS(=O)O)cc1F)N1CCN(CC2CCOCC2)CC1. The van der Waals surface area contributed by atoms with Crippen molar-refractivity contribution in [1.82, 2.24) is 9.80 Å². The first kappa shape index (κ1) is 19.2. The van der Waals surface area contributed by atoms with E-state index < -0.39 is 17.1 Å². The molecule has 9 heteroatoms. The molecular weight excluding hydrogens is 361 g/mol. The van der Waals surface area contributed by atoms with E-state index in [4.69, 9.17) is 9.29 Å². The number of hydrogen-bond donors (Lipinski definition) is 2. The summed E-state index contributed by atoms with van der Waals surface area (Å²) in [5, 5.41) is 0. The molecular formula is C17H24FN3O4S. The number of carbonyl (C=O) groups is 1. The quantitative estimate of drug-likeness (QED) is 0.752. The van der Waals surface area contributed by atoms with Crippen LogP contribution in [0.5, 0.6) is 0 Å². The maximum atomic E-state index is 14.2. The lowest BCUT2D eigenvalue weighted by Crippen LogP contribution is -2.50. The second-order valence-corrected chi connectivity index (χ2v) is 7.40. The summed E-state index contributed by atoms with van der Waals surface area (Å²) >= 11 is -2.28. The number of piperazine rings is 1. The zero-order chi connectivity index (χ0) is 18.5. The van der Waals surface area contributed by atoms with E-state index >= 15 is 0 Å². The summed E-state index contributed by atoms with van der Waals surface area (Å²) in [6.45, 7) is 5.40. The van der Waals surface area contributed by atoms with Crippen LogP contribution in [0.15, 0.2) is 18.2 Å². The van der Waals surface area contributed by atoms with Gasteiger partial charge in [-0.05, 0) is 37.0 Å². The van der Waals surface area contributed by atoms with Crippen molar-refractivity contribution < 1.29 is 22.7 Å². The topological polar surface area (TPSA) is 82.1 Å². The number of hydrogen-bond acceptors (Lipinski definition) is 4. The predicted molar refractivity (Wildman–Crippen MR) is 96.7 cm³/mol. The average Bonchev–Trinajstić information content (AvgIpc) is 2.62. The number of halogens is 1. The first-order chi connectivity index (χ1) is 12.5. The summed E-state index contributed by atoms with van der Waals surface area (Å²) in [6, 6.07) is 3.83. The van der Waals surface area contributed by atoms with Crippen molar-refractivity contribution >= 4 is 22.9 Å². The normalized spacial score (nSPS) is 20.8. The fourth-order valence-corrected chi connectivity index (χ4v) is 3.78. The minimum Gasteiger partial charge on any atom is -0.381 e. The Balaban J connectivity index is 1.53. The van der Waals surface area contributed by atoms with Gasteiger partial charge < -0.3 is 9.64 Å². The number of ether oxygens (including phenoxy) is 1. The van der Waals surface area contributed by atoms with Gasteiger partial charge in [0, 0.05) is 45.9 Å². The Kier molecular flexibility index (Phi) is 6.58. The Labute approximate surface area is 154 Å². The third-order valence-electron chi connectivity index (χ3n) is 4.92. The molecule has 2 saturated heterocycles. The number of anilines is 1. The highest BCUT2D eigenvalue weighted by Gasteiger charge is 2.26. The van der Waals surface area contributed by atoms with Crippen molar-refractivity contribution in [2.75, 3.05) is 50.7 Å². The summed E-state index contributed by atoms with van der Waals surface area (Å²) in [5.41, 5.74) is 0.137. The van der Waals surface area contributed by atoms with Gasteiger partial charge in [0.15, 0.2) is 0 Å². The molecule has 2 aliphatic rings. The van der Waals surface area contributed by atoms with E-state index in [9.17, 15) is 13.4 Å². The number of amides is 1. The minimum atomic E-state index is -2.28. The van der Waals surface area contributed by atoms with Crippen LogP contribution >= 0.6 is 0 Å². The van der Waals surface area contributed by atoms with E-state index in [0.717, 1.165) is 51.8 Å². The molecule has 144 valence electrons. The highest BCUT2D eigenvalue weighted by atomic mass is 32.2. The molecule has 1 aromatic rings. The van der Waals surface area contributed by atoms with Crippen LogP contribution in [0.3, 0.4) is 0 Å². The van der Waals surface area contributed by atoms with Crippen LogP contribution in [-0.2, 0) is 16.0 Å². The largest absolute Gasteiger partial charge is 0.381 e. The van der Waals surface area contributed by atoms with E-state index in [2.05, 4.69) is 9.62 Å². The lowest BCUT2D eigenvalue weighted by Gasteiger charge is -2.37. The molecule has 0 aliphatic carbocycles. The zero-order valence-corrected chi connectivity index (χ0v) is 15.3. The molecule has 7 nitrogen and oxygen atoms in total. The smallest absolute Gasteiger partial charge is 0.259 e. The van der Waals surface area contributed by atoms with E-state index in [-0.39, 0.29) is 17.2 Å². The van der Waals surface area contributed by atoms with Gasteiger partial charge in [-0.1, -0.05) is 0 Å². The Morgan fingerprint density at radius 2 is 1.96 bits per heavy atom. The van der Waals surface area contributed by atoms with Gasteiger partial charge in [0.2, 0.25) is 0 Å². The van der Waals surface area contributed by atoms with Crippen LogP contribution < -0.4 is 4.72 Å². The Bertz CT molecular complexity index is 661. The highest BCUT2D eigenvalue weighted by Crippen LogP contribution is 2.20. The van der Waals surface area contributed by atoms with E-state index in [1.165, 1.54) is 12.1 Å². The van der Waals surface area contributed by atoms with Crippen LogP contribution in [0.4, 0.5) is 10.1 Å². The van der Waals surface area contributed by atoms with Crippen LogP contribution in [-0.4, -0.2) is 70.4 Å². The van der Waals surface area contributed by atoms with Crippen molar-refractivity contribution in [3.63, 3.8) is 0 Å². The van der Waals surface area contributed by atoms with Gasteiger partial charge in [-0.15, -0.1) is 0 Å². The molecule has 0 bridgehead atoms. The van der Waals surface area contributed by atoms with Crippen LogP contribution in [0, 0.1) is 11.7 Å². The predicted octanol–water partition coefficient (Wildman–Crippen LogP) is 1.56. The van der Waals surface area contributed by atoms with Gasteiger partial charge in [0.25, 0.3) is 17.2 Å². The molecule has 0 aromatic heterocycles. The number of nitrogens with zero attached hydrogens (tertiary/aromatic N) is 2. The lowest BCUT2D eigenvalue weighted by molar-refractivity contribution is 0.0392. The fraction of sp³-hybridized carbons (Fsp3) is 0.588. The first-order valence-corrected chi connectivity index (χ1v) is 9.90. The standard InChI is InChI=1S/C17H24FN3O4S/c18-16-11-14(19-26(23)24)1-2-15(16)17(22)21-7-5-20(6-8-21)12-13-3-9-25-10-4-13/h1-2,11,13,19H,3-10,12H2,(H,23,24). The summed E-state index contributed by atoms with van der Waals surface area (Å²) in [6.07, 6.45) is 2.17. The van der Waals surface area contributed by atoms with Gasteiger partial charge in [0.05, 0.1) is 11.3 Å². The van der Waals surface area contributed by atoms with Crippen molar-refractivity contribution in [2.24, 2.45) is 5.92 Å². The molecule has 0 saturated carbocycles. The van der Waals surface area contributed by atoms with Gasteiger partial charge >= 0.3 is 0 Å². The molecule has 1 aromatic carbocycles. The van der Waals surface area contributed by atoms with Crippen molar-refractivity contribution in [3.8, 4) is 0 Å². The second kappa shape index (κ2) is 8.90. The maximum absolute atomic E-state index is 14.2. The van der Waals surface area contributed by atoms with E-state index in [1.54, 1.807) is 4.90 Å². The summed E-state index contributed by atoms with van der Waals surface area (Å²) in [5.74, 6) is -0.388. The van der Waals surface area contributed by atoms with Crippen LogP contribution in [0.1, 0.15) is 23.2 Å². The van der Waals surface area contributed by atoms with Gasteiger partial charge in [-0.2, -0.15) is 0 Å². The number of nitrogens with one attached hydrogen (secondary N) is 1. The van der Waals surface area contributed by atoms with Crippen molar-refractivity contribution in [3.05, 3.63) is 29.6 Å².